The van der Waals surface area contributed by atoms with Crippen molar-refractivity contribution in [2.45, 2.75) is 32.6 Å². The predicted octanol–water partition coefficient (Wildman–Crippen LogP) is 1.54. The summed E-state index contributed by atoms with van der Waals surface area (Å²) in [7, 11) is 0. The number of hydrogen-bond acceptors (Lipinski definition) is 0. The van der Waals surface area contributed by atoms with E-state index >= 15 is 0 Å². The predicted molar refractivity (Wildman–Crippen MR) is 38.4 cm³/mol. The van der Waals surface area contributed by atoms with E-state index in [1.807, 2.05) is 0 Å². The van der Waals surface area contributed by atoms with E-state index in [0.29, 0.717) is 0 Å². The molecule has 0 aliphatic heterocycles. The van der Waals surface area contributed by atoms with E-state index < -0.39 is 0 Å². The van der Waals surface area contributed by atoms with Crippen molar-refractivity contribution < 1.29 is 0 Å². The molecule has 46 valence electrons. The molecule has 1 fully saturated rings. The van der Waals surface area contributed by atoms with Crippen LogP contribution in [0.5, 0.6) is 0 Å². The van der Waals surface area contributed by atoms with Gasteiger partial charge < -0.3 is 0 Å². The van der Waals surface area contributed by atoms with Gasteiger partial charge in [-0.3, -0.25) is 0 Å². The van der Waals surface area contributed by atoms with Gasteiger partial charge in [-0.2, -0.15) is 0 Å². The molecule has 0 aromatic rings. The summed E-state index contributed by atoms with van der Waals surface area (Å²) in [5, 5.41) is 0. The average Bonchev–Trinajstić information content (AvgIpc) is 1.77. The summed E-state index contributed by atoms with van der Waals surface area (Å²) >= 11 is 3.15. The summed E-state index contributed by atoms with van der Waals surface area (Å²) in [6.45, 7) is 2.31. The second kappa shape index (κ2) is 2.79. The summed E-state index contributed by atoms with van der Waals surface area (Å²) in [6, 6.07) is 0. The molecule has 0 amide bonds. The van der Waals surface area contributed by atoms with Crippen LogP contribution in [0.15, 0.2) is 0 Å². The van der Waals surface area contributed by atoms with Crippen molar-refractivity contribution in [3.05, 3.63) is 0 Å². The average molecular weight is 175 g/mol. The summed E-state index contributed by atoms with van der Waals surface area (Å²) in [5.74, 6) is 0.865. The maximum absolute atomic E-state index is 3.15. The fourth-order valence-corrected chi connectivity index (χ4v) is 1.71. The third-order valence-corrected chi connectivity index (χ3v) is 3.13. The van der Waals surface area contributed by atoms with Gasteiger partial charge in [0.1, 0.15) is 0 Å². The first-order valence-corrected chi connectivity index (χ1v) is 4.19. The topological polar surface area (TPSA) is 0 Å². The minimum atomic E-state index is 0.865. The molecule has 1 saturated carbocycles. The Hall–Kier alpha value is 0.389. The molecule has 0 saturated heterocycles. The van der Waals surface area contributed by atoms with Crippen molar-refractivity contribution in [2.75, 3.05) is 0 Å². The molecule has 0 spiro atoms. The third kappa shape index (κ3) is 1.43. The molecule has 1 rings (SSSR count). The van der Waals surface area contributed by atoms with Crippen molar-refractivity contribution in [1.82, 2.24) is 0 Å². The molecule has 0 heterocycles. The molecule has 1 heteroatoms. The molecule has 0 N–H and O–H groups in total. The van der Waals surface area contributed by atoms with Crippen LogP contribution in [0.25, 0.3) is 0 Å². The van der Waals surface area contributed by atoms with Crippen molar-refractivity contribution in [1.29, 1.82) is 0 Å². The molecule has 8 heavy (non-hydrogen) atoms. The van der Waals surface area contributed by atoms with Crippen molar-refractivity contribution >= 4 is 20.0 Å². The Bertz CT molecular complexity index is 96.6. The second-order valence-electron chi connectivity index (χ2n) is 2.61. The van der Waals surface area contributed by atoms with E-state index in [1.165, 1.54) is 25.7 Å². The zero-order chi connectivity index (χ0) is 5.98. The van der Waals surface area contributed by atoms with Crippen LogP contribution in [0, 0.1) is 5.92 Å². The maximum atomic E-state index is 3.15. The van der Waals surface area contributed by atoms with E-state index in [-0.39, 0.29) is 0 Å². The molecule has 0 aromatic carbocycles. The molecule has 0 radical (unpaired) electrons. The van der Waals surface area contributed by atoms with E-state index in [9.17, 15) is 0 Å². The first-order valence-electron chi connectivity index (χ1n) is 3.33. The van der Waals surface area contributed by atoms with Gasteiger partial charge in [0.05, 0.1) is 0 Å². The van der Waals surface area contributed by atoms with Gasteiger partial charge in [0.2, 0.25) is 0 Å². The van der Waals surface area contributed by atoms with Crippen molar-refractivity contribution in [3.8, 4) is 0 Å². The Kier molecular flexibility index (Phi) is 2.27. The van der Waals surface area contributed by atoms with Crippen molar-refractivity contribution in [3.63, 3.8) is 0 Å². The first kappa shape index (κ1) is 6.51. The zero-order valence-corrected chi connectivity index (χ0v) is 7.03. The van der Waals surface area contributed by atoms with Gasteiger partial charge in [-0.25, -0.2) is 0 Å². The standard InChI is InChI=1S/C7H12Se/c1-6-4-2-3-5-7(6)8/h6H,2-5H2,1H3/t6-/m0/s1. The Labute approximate surface area is 59.0 Å². The fourth-order valence-electron chi connectivity index (χ4n) is 1.16. The molecule has 1 atom stereocenters. The second-order valence-corrected chi connectivity index (χ2v) is 3.71. The van der Waals surface area contributed by atoms with E-state index in [1.54, 1.807) is 4.42 Å². The fraction of sp³-hybridized carbons (Fsp3) is 0.857. The summed E-state index contributed by atoms with van der Waals surface area (Å²) < 4.78 is 1.59. The van der Waals surface area contributed by atoms with Crippen LogP contribution < -0.4 is 0 Å². The monoisotopic (exact) mass is 176 g/mol. The van der Waals surface area contributed by atoms with Gasteiger partial charge in [0.25, 0.3) is 0 Å². The van der Waals surface area contributed by atoms with Gasteiger partial charge in [-0.15, -0.1) is 0 Å². The number of rotatable bonds is 0. The quantitative estimate of drug-likeness (QED) is 0.490. The number of hydrogen-bond donors (Lipinski definition) is 0. The Morgan fingerprint density at radius 2 is 2.25 bits per heavy atom. The molecular formula is C7H12Se. The molecular weight excluding hydrogens is 163 g/mol. The zero-order valence-electron chi connectivity index (χ0n) is 5.31. The Morgan fingerprint density at radius 3 is 2.62 bits per heavy atom. The Morgan fingerprint density at radius 1 is 1.50 bits per heavy atom. The van der Waals surface area contributed by atoms with E-state index in [0.717, 1.165) is 5.92 Å². The summed E-state index contributed by atoms with van der Waals surface area (Å²) in [6.07, 6.45) is 5.59. The van der Waals surface area contributed by atoms with Crippen LogP contribution in [-0.2, 0) is 0 Å². The van der Waals surface area contributed by atoms with Crippen LogP contribution in [0.4, 0.5) is 0 Å². The van der Waals surface area contributed by atoms with Crippen LogP contribution in [0.1, 0.15) is 32.6 Å². The van der Waals surface area contributed by atoms with Gasteiger partial charge in [0.15, 0.2) is 0 Å². The van der Waals surface area contributed by atoms with Gasteiger partial charge in [-0.1, -0.05) is 0 Å². The van der Waals surface area contributed by atoms with E-state index in [2.05, 4.69) is 22.5 Å². The molecule has 0 unspecified atom stereocenters. The first-order chi connectivity index (χ1) is 3.80. The molecule has 1 aliphatic carbocycles. The molecule has 1 aliphatic rings. The van der Waals surface area contributed by atoms with Gasteiger partial charge in [0, 0.05) is 0 Å². The third-order valence-electron chi connectivity index (χ3n) is 1.86. The summed E-state index contributed by atoms with van der Waals surface area (Å²) in [4.78, 5) is 0. The van der Waals surface area contributed by atoms with Crippen LogP contribution >= 0.6 is 0 Å². The Balaban J connectivity index is 2.39. The molecule has 0 aromatic heterocycles. The SMILES string of the molecule is C[C@H]1CCCCC1=[Se]. The van der Waals surface area contributed by atoms with Crippen LogP contribution in [0.3, 0.4) is 0 Å². The normalized spacial score (nSPS) is 30.6. The molecule has 0 nitrogen and oxygen atoms in total. The van der Waals surface area contributed by atoms with Gasteiger partial charge in [-0.05, 0) is 0 Å². The van der Waals surface area contributed by atoms with Crippen LogP contribution in [-0.4, -0.2) is 20.0 Å². The van der Waals surface area contributed by atoms with E-state index in [4.69, 9.17) is 0 Å². The van der Waals surface area contributed by atoms with Crippen molar-refractivity contribution in [2.24, 2.45) is 5.92 Å². The van der Waals surface area contributed by atoms with Gasteiger partial charge >= 0.3 is 58.5 Å². The van der Waals surface area contributed by atoms with Crippen LogP contribution in [0.2, 0.25) is 0 Å². The minimum absolute atomic E-state index is 0.865. The summed E-state index contributed by atoms with van der Waals surface area (Å²) in [5.41, 5.74) is 0. The molecule has 0 bridgehead atoms.